The molecule has 0 radical (unpaired) electrons. The van der Waals surface area contributed by atoms with E-state index in [1.54, 1.807) is 13.0 Å². The summed E-state index contributed by atoms with van der Waals surface area (Å²) >= 11 is 0. The molecule has 0 aromatic carbocycles. The molecule has 5 heteroatoms. The molecule has 1 aliphatic carbocycles. The zero-order chi connectivity index (χ0) is 14.5. The second-order valence-electron chi connectivity index (χ2n) is 5.49. The Kier molecular flexibility index (Phi) is 5.20. The number of nitrogens with two attached hydrogens (primary N) is 1. The maximum absolute atomic E-state index is 11.9. The van der Waals surface area contributed by atoms with Crippen molar-refractivity contribution in [1.82, 2.24) is 5.32 Å². The number of furan rings is 1. The van der Waals surface area contributed by atoms with Crippen LogP contribution in [-0.2, 0) is 4.74 Å². The molecule has 0 unspecified atom stereocenters. The van der Waals surface area contributed by atoms with E-state index in [1.165, 1.54) is 0 Å². The highest BCUT2D eigenvalue weighted by atomic mass is 16.5. The second-order valence-corrected chi connectivity index (χ2v) is 5.49. The van der Waals surface area contributed by atoms with Gasteiger partial charge in [0.05, 0.1) is 18.3 Å². The first kappa shape index (κ1) is 15.1. The standard InChI is InChI=1S/C15H24N2O3/c1-10-9-14(11(2)20-10)15(18)17-7-8-19-13-5-3-12(16)4-6-13/h9,12-13H,3-8,16H2,1-2H3,(H,17,18). The average molecular weight is 280 g/mol. The van der Waals surface area contributed by atoms with Crippen LogP contribution in [0, 0.1) is 13.8 Å². The van der Waals surface area contributed by atoms with Crippen LogP contribution in [0.3, 0.4) is 0 Å². The summed E-state index contributed by atoms with van der Waals surface area (Å²) in [5.74, 6) is 1.30. The monoisotopic (exact) mass is 280 g/mol. The number of nitrogens with one attached hydrogen (secondary N) is 1. The van der Waals surface area contributed by atoms with Crippen molar-refractivity contribution in [2.24, 2.45) is 5.73 Å². The van der Waals surface area contributed by atoms with Crippen LogP contribution in [0.15, 0.2) is 10.5 Å². The second kappa shape index (κ2) is 6.90. The lowest BCUT2D eigenvalue weighted by Gasteiger charge is -2.26. The van der Waals surface area contributed by atoms with Crippen molar-refractivity contribution >= 4 is 5.91 Å². The number of hydrogen-bond acceptors (Lipinski definition) is 4. The van der Waals surface area contributed by atoms with E-state index in [1.807, 2.05) is 6.92 Å². The van der Waals surface area contributed by atoms with E-state index in [9.17, 15) is 4.79 Å². The molecule has 1 aromatic rings. The summed E-state index contributed by atoms with van der Waals surface area (Å²) in [6.07, 6.45) is 4.41. The van der Waals surface area contributed by atoms with E-state index in [0.29, 0.717) is 36.6 Å². The van der Waals surface area contributed by atoms with Crippen LogP contribution < -0.4 is 11.1 Å². The van der Waals surface area contributed by atoms with Crippen molar-refractivity contribution in [1.29, 1.82) is 0 Å². The van der Waals surface area contributed by atoms with E-state index in [2.05, 4.69) is 5.32 Å². The SMILES string of the molecule is Cc1cc(C(=O)NCCOC2CCC(N)CC2)c(C)o1. The van der Waals surface area contributed by atoms with Gasteiger partial charge in [-0.25, -0.2) is 0 Å². The predicted octanol–water partition coefficient (Wildman–Crippen LogP) is 1.91. The van der Waals surface area contributed by atoms with Gasteiger partial charge in [0.15, 0.2) is 0 Å². The fraction of sp³-hybridized carbons (Fsp3) is 0.667. The van der Waals surface area contributed by atoms with Crippen molar-refractivity contribution in [2.75, 3.05) is 13.2 Å². The summed E-state index contributed by atoms with van der Waals surface area (Å²) in [6.45, 7) is 4.69. The summed E-state index contributed by atoms with van der Waals surface area (Å²) in [6, 6.07) is 2.09. The Hall–Kier alpha value is -1.33. The third-order valence-electron chi connectivity index (χ3n) is 3.75. The Balaban J connectivity index is 1.66. The Morgan fingerprint density at radius 1 is 1.40 bits per heavy atom. The van der Waals surface area contributed by atoms with Crippen LogP contribution in [-0.4, -0.2) is 31.2 Å². The van der Waals surface area contributed by atoms with Gasteiger partial charge in [0.2, 0.25) is 0 Å². The molecule has 1 amide bonds. The minimum Gasteiger partial charge on any atom is -0.466 e. The van der Waals surface area contributed by atoms with E-state index >= 15 is 0 Å². The van der Waals surface area contributed by atoms with Gasteiger partial charge in [-0.15, -0.1) is 0 Å². The Morgan fingerprint density at radius 3 is 2.70 bits per heavy atom. The third kappa shape index (κ3) is 4.08. The number of ether oxygens (including phenoxy) is 1. The highest BCUT2D eigenvalue weighted by Crippen LogP contribution is 2.19. The van der Waals surface area contributed by atoms with Crippen molar-refractivity contribution < 1.29 is 13.9 Å². The highest BCUT2D eigenvalue weighted by molar-refractivity contribution is 5.95. The normalized spacial score (nSPS) is 22.8. The first-order valence-electron chi connectivity index (χ1n) is 7.28. The summed E-state index contributed by atoms with van der Waals surface area (Å²) in [5.41, 5.74) is 6.45. The summed E-state index contributed by atoms with van der Waals surface area (Å²) in [5, 5.41) is 2.85. The molecule has 1 aromatic heterocycles. The highest BCUT2D eigenvalue weighted by Gasteiger charge is 2.19. The number of hydrogen-bond donors (Lipinski definition) is 2. The first-order valence-corrected chi connectivity index (χ1v) is 7.28. The fourth-order valence-corrected chi connectivity index (χ4v) is 2.60. The molecule has 112 valence electrons. The Labute approximate surface area is 119 Å². The number of carbonyl (C=O) groups excluding carboxylic acids is 1. The van der Waals surface area contributed by atoms with Crippen LogP contribution in [0.2, 0.25) is 0 Å². The van der Waals surface area contributed by atoms with Gasteiger partial charge in [0.25, 0.3) is 5.91 Å². The lowest BCUT2D eigenvalue weighted by molar-refractivity contribution is 0.0267. The smallest absolute Gasteiger partial charge is 0.254 e. The van der Waals surface area contributed by atoms with Crippen LogP contribution in [0.25, 0.3) is 0 Å². The van der Waals surface area contributed by atoms with Crippen LogP contribution in [0.5, 0.6) is 0 Å². The maximum atomic E-state index is 11.9. The number of rotatable bonds is 5. The lowest BCUT2D eigenvalue weighted by atomic mass is 9.94. The number of aryl methyl sites for hydroxylation is 2. The van der Waals surface area contributed by atoms with E-state index in [4.69, 9.17) is 14.9 Å². The molecule has 20 heavy (non-hydrogen) atoms. The van der Waals surface area contributed by atoms with Gasteiger partial charge < -0.3 is 20.2 Å². The minimum absolute atomic E-state index is 0.103. The zero-order valence-corrected chi connectivity index (χ0v) is 12.3. The van der Waals surface area contributed by atoms with Gasteiger partial charge in [-0.1, -0.05) is 0 Å². The molecule has 3 N–H and O–H groups in total. The molecular formula is C15H24N2O3. The molecule has 1 aliphatic rings. The van der Waals surface area contributed by atoms with E-state index in [-0.39, 0.29) is 5.91 Å². The molecule has 0 saturated heterocycles. The zero-order valence-electron chi connectivity index (χ0n) is 12.3. The molecule has 0 atom stereocenters. The molecule has 1 fully saturated rings. The van der Waals surface area contributed by atoms with Gasteiger partial charge >= 0.3 is 0 Å². The average Bonchev–Trinajstić information content (AvgIpc) is 2.75. The number of carbonyl (C=O) groups is 1. The summed E-state index contributed by atoms with van der Waals surface area (Å²) in [4.78, 5) is 11.9. The van der Waals surface area contributed by atoms with Gasteiger partial charge in [0.1, 0.15) is 11.5 Å². The fourth-order valence-electron chi connectivity index (χ4n) is 2.60. The lowest BCUT2D eigenvalue weighted by Crippen LogP contribution is -2.33. The van der Waals surface area contributed by atoms with E-state index < -0.39 is 0 Å². The number of amides is 1. The van der Waals surface area contributed by atoms with Crippen LogP contribution >= 0.6 is 0 Å². The largest absolute Gasteiger partial charge is 0.466 e. The summed E-state index contributed by atoms with van der Waals surface area (Å²) < 4.78 is 11.1. The van der Waals surface area contributed by atoms with Crippen molar-refractivity contribution in [3.63, 3.8) is 0 Å². The van der Waals surface area contributed by atoms with Gasteiger partial charge in [-0.2, -0.15) is 0 Å². The first-order chi connectivity index (χ1) is 9.56. The third-order valence-corrected chi connectivity index (χ3v) is 3.75. The maximum Gasteiger partial charge on any atom is 0.254 e. The van der Waals surface area contributed by atoms with Crippen molar-refractivity contribution in [2.45, 2.75) is 51.7 Å². The van der Waals surface area contributed by atoms with Crippen molar-refractivity contribution in [3.05, 3.63) is 23.2 Å². The van der Waals surface area contributed by atoms with Gasteiger partial charge in [0, 0.05) is 12.6 Å². The molecule has 2 rings (SSSR count). The molecule has 5 nitrogen and oxygen atoms in total. The molecular weight excluding hydrogens is 256 g/mol. The molecule has 0 bridgehead atoms. The molecule has 1 saturated carbocycles. The van der Waals surface area contributed by atoms with Gasteiger partial charge in [-0.05, 0) is 45.6 Å². The molecule has 1 heterocycles. The topological polar surface area (TPSA) is 77.5 Å². The predicted molar refractivity (Wildman–Crippen MR) is 76.7 cm³/mol. The quantitative estimate of drug-likeness (QED) is 0.808. The van der Waals surface area contributed by atoms with Crippen LogP contribution in [0.4, 0.5) is 0 Å². The summed E-state index contributed by atoms with van der Waals surface area (Å²) in [7, 11) is 0. The van der Waals surface area contributed by atoms with Crippen molar-refractivity contribution in [3.8, 4) is 0 Å². The Morgan fingerprint density at radius 2 is 2.10 bits per heavy atom. The molecule has 0 spiro atoms. The molecule has 0 aliphatic heterocycles. The van der Waals surface area contributed by atoms with Crippen LogP contribution in [0.1, 0.15) is 47.6 Å². The minimum atomic E-state index is -0.103. The van der Waals surface area contributed by atoms with Gasteiger partial charge in [-0.3, -0.25) is 4.79 Å². The van der Waals surface area contributed by atoms with E-state index in [0.717, 1.165) is 31.4 Å². The Bertz CT molecular complexity index is 448.